The molecule has 1 aliphatic rings. The van der Waals surface area contributed by atoms with Crippen molar-refractivity contribution in [3.63, 3.8) is 0 Å². The summed E-state index contributed by atoms with van der Waals surface area (Å²) in [5.41, 5.74) is 0.701. The van der Waals surface area contributed by atoms with Crippen LogP contribution in [0.4, 0.5) is 0 Å². The van der Waals surface area contributed by atoms with Gasteiger partial charge in [-0.3, -0.25) is 9.59 Å². The Morgan fingerprint density at radius 3 is 2.20 bits per heavy atom. The zero-order valence-electron chi connectivity index (χ0n) is 16.9. The van der Waals surface area contributed by atoms with E-state index < -0.39 is 0 Å². The minimum absolute atomic E-state index is 0.00386. The summed E-state index contributed by atoms with van der Waals surface area (Å²) < 4.78 is 10.9. The van der Waals surface area contributed by atoms with Crippen LogP contribution in [0.5, 0.6) is 11.5 Å². The number of hydrogen-bond acceptors (Lipinski definition) is 4. The van der Waals surface area contributed by atoms with Gasteiger partial charge in [0.15, 0.2) is 18.1 Å². The third-order valence-electron chi connectivity index (χ3n) is 5.36. The lowest BCUT2D eigenvalue weighted by Crippen LogP contribution is -2.51. The molecule has 3 aromatic carbocycles. The average molecular weight is 404 g/mol. The highest BCUT2D eigenvalue weighted by atomic mass is 16.5. The maximum Gasteiger partial charge on any atom is 0.260 e. The molecule has 4 rings (SSSR count). The zero-order chi connectivity index (χ0) is 20.9. The third-order valence-corrected chi connectivity index (χ3v) is 5.36. The minimum Gasteiger partial charge on any atom is -0.493 e. The van der Waals surface area contributed by atoms with Crippen LogP contribution < -0.4 is 9.47 Å². The maximum atomic E-state index is 13.1. The number of fused-ring (bicyclic) bond motifs is 1. The van der Waals surface area contributed by atoms with Crippen LogP contribution in [-0.4, -0.2) is 61.5 Å². The van der Waals surface area contributed by atoms with Gasteiger partial charge in [0.2, 0.25) is 0 Å². The van der Waals surface area contributed by atoms with E-state index in [9.17, 15) is 9.59 Å². The van der Waals surface area contributed by atoms with Crippen LogP contribution in [0.2, 0.25) is 0 Å². The summed E-state index contributed by atoms with van der Waals surface area (Å²) in [7, 11) is 1.57. The smallest absolute Gasteiger partial charge is 0.260 e. The van der Waals surface area contributed by atoms with Crippen LogP contribution in [0.25, 0.3) is 10.8 Å². The van der Waals surface area contributed by atoms with Gasteiger partial charge < -0.3 is 19.3 Å². The molecule has 3 aromatic rings. The molecule has 0 radical (unpaired) electrons. The molecule has 1 fully saturated rings. The quantitative estimate of drug-likeness (QED) is 0.655. The molecule has 0 N–H and O–H groups in total. The lowest BCUT2D eigenvalue weighted by atomic mass is 10.0. The largest absolute Gasteiger partial charge is 0.493 e. The molecule has 1 saturated heterocycles. The van der Waals surface area contributed by atoms with Crippen LogP contribution in [0.1, 0.15) is 10.4 Å². The Balaban J connectivity index is 1.35. The number of nitrogens with zero attached hydrogens (tertiary/aromatic N) is 2. The maximum absolute atomic E-state index is 13.1. The van der Waals surface area contributed by atoms with Crippen LogP contribution in [-0.2, 0) is 4.79 Å². The average Bonchev–Trinajstić information content (AvgIpc) is 2.82. The van der Waals surface area contributed by atoms with Gasteiger partial charge in [-0.2, -0.15) is 0 Å². The Bertz CT molecular complexity index is 1050. The van der Waals surface area contributed by atoms with E-state index in [-0.39, 0.29) is 18.4 Å². The van der Waals surface area contributed by atoms with E-state index in [4.69, 9.17) is 9.47 Å². The highest BCUT2D eigenvalue weighted by Gasteiger charge is 2.26. The van der Waals surface area contributed by atoms with Crippen molar-refractivity contribution in [3.8, 4) is 11.5 Å². The van der Waals surface area contributed by atoms with Crippen LogP contribution in [0.3, 0.4) is 0 Å². The summed E-state index contributed by atoms with van der Waals surface area (Å²) in [4.78, 5) is 29.2. The fraction of sp³-hybridized carbons (Fsp3) is 0.250. The molecule has 1 heterocycles. The lowest BCUT2D eigenvalue weighted by Gasteiger charge is -2.35. The van der Waals surface area contributed by atoms with E-state index in [0.717, 1.165) is 10.8 Å². The Morgan fingerprint density at radius 2 is 1.43 bits per heavy atom. The second-order valence-corrected chi connectivity index (χ2v) is 7.14. The molecule has 30 heavy (non-hydrogen) atoms. The number of hydrogen-bond donors (Lipinski definition) is 0. The van der Waals surface area contributed by atoms with Gasteiger partial charge in [0.1, 0.15) is 0 Å². The number of rotatable bonds is 5. The number of amides is 2. The minimum atomic E-state index is -0.0989. The van der Waals surface area contributed by atoms with E-state index in [1.807, 2.05) is 59.5 Å². The molecule has 0 spiro atoms. The summed E-state index contributed by atoms with van der Waals surface area (Å²) >= 11 is 0. The number of piperazine rings is 1. The number of para-hydroxylation sites is 2. The summed E-state index contributed by atoms with van der Waals surface area (Å²) in [6.45, 7) is 1.93. The summed E-state index contributed by atoms with van der Waals surface area (Å²) in [6, 6.07) is 20.9. The molecular formula is C24H24N2O4. The predicted octanol–water partition coefficient (Wildman–Crippen LogP) is 3.21. The predicted molar refractivity (Wildman–Crippen MR) is 115 cm³/mol. The van der Waals surface area contributed by atoms with Crippen LogP contribution in [0, 0.1) is 0 Å². The van der Waals surface area contributed by atoms with Crippen molar-refractivity contribution in [2.75, 3.05) is 39.9 Å². The fourth-order valence-electron chi connectivity index (χ4n) is 3.71. The number of carbonyl (C=O) groups excluding carboxylic acids is 2. The number of benzene rings is 3. The molecule has 0 atom stereocenters. The van der Waals surface area contributed by atoms with Gasteiger partial charge in [-0.1, -0.05) is 48.5 Å². The lowest BCUT2D eigenvalue weighted by molar-refractivity contribution is -0.134. The van der Waals surface area contributed by atoms with E-state index in [1.165, 1.54) is 0 Å². The molecule has 0 saturated carbocycles. The van der Waals surface area contributed by atoms with Gasteiger partial charge in [0.05, 0.1) is 7.11 Å². The van der Waals surface area contributed by atoms with E-state index in [2.05, 4.69) is 0 Å². The Kier molecular flexibility index (Phi) is 5.84. The number of ether oxygens (including phenoxy) is 2. The topological polar surface area (TPSA) is 59.1 Å². The van der Waals surface area contributed by atoms with Gasteiger partial charge in [0, 0.05) is 31.7 Å². The van der Waals surface area contributed by atoms with Gasteiger partial charge in [-0.05, 0) is 29.0 Å². The fourth-order valence-corrected chi connectivity index (χ4v) is 3.71. The molecule has 2 amide bonds. The molecular weight excluding hydrogens is 380 g/mol. The Labute approximate surface area is 175 Å². The summed E-state index contributed by atoms with van der Waals surface area (Å²) in [5.74, 6) is 1.04. The first-order chi connectivity index (χ1) is 14.7. The molecule has 1 aliphatic heterocycles. The van der Waals surface area contributed by atoms with E-state index in [0.29, 0.717) is 43.2 Å². The van der Waals surface area contributed by atoms with Gasteiger partial charge in [0.25, 0.3) is 11.8 Å². The highest BCUT2D eigenvalue weighted by Crippen LogP contribution is 2.26. The second-order valence-electron chi connectivity index (χ2n) is 7.14. The molecule has 154 valence electrons. The number of methoxy groups -OCH3 is 1. The molecule has 0 unspecified atom stereocenters. The van der Waals surface area contributed by atoms with E-state index >= 15 is 0 Å². The molecule has 6 nitrogen and oxygen atoms in total. The van der Waals surface area contributed by atoms with Crippen molar-refractivity contribution in [1.29, 1.82) is 0 Å². The van der Waals surface area contributed by atoms with Crippen LogP contribution in [0.15, 0.2) is 66.7 Å². The van der Waals surface area contributed by atoms with Crippen molar-refractivity contribution >= 4 is 22.6 Å². The van der Waals surface area contributed by atoms with Crippen LogP contribution >= 0.6 is 0 Å². The summed E-state index contributed by atoms with van der Waals surface area (Å²) in [6.07, 6.45) is 0. The van der Waals surface area contributed by atoms with Gasteiger partial charge in [-0.25, -0.2) is 0 Å². The second kappa shape index (κ2) is 8.86. The first-order valence-corrected chi connectivity index (χ1v) is 9.98. The molecule has 0 aliphatic carbocycles. The third kappa shape index (κ3) is 4.08. The van der Waals surface area contributed by atoms with Gasteiger partial charge in [-0.15, -0.1) is 0 Å². The Hall–Kier alpha value is -3.54. The molecule has 0 aromatic heterocycles. The van der Waals surface area contributed by atoms with Crippen molar-refractivity contribution in [3.05, 3.63) is 72.3 Å². The van der Waals surface area contributed by atoms with Crippen molar-refractivity contribution in [2.45, 2.75) is 0 Å². The summed E-state index contributed by atoms with van der Waals surface area (Å²) in [5, 5.41) is 2.00. The zero-order valence-corrected chi connectivity index (χ0v) is 16.9. The first kappa shape index (κ1) is 19.8. The monoisotopic (exact) mass is 404 g/mol. The molecule has 6 heteroatoms. The van der Waals surface area contributed by atoms with Crippen molar-refractivity contribution in [2.24, 2.45) is 0 Å². The van der Waals surface area contributed by atoms with Crippen molar-refractivity contribution in [1.82, 2.24) is 9.80 Å². The highest BCUT2D eigenvalue weighted by molar-refractivity contribution is 6.07. The standard InChI is InChI=1S/C24H24N2O4/c1-29-21-11-4-5-12-22(21)30-17-23(27)25-13-15-26(16-14-25)24(28)20-10-6-8-18-7-2-3-9-19(18)20/h2-12H,13-17H2,1H3. The molecule has 0 bridgehead atoms. The first-order valence-electron chi connectivity index (χ1n) is 9.98. The Morgan fingerprint density at radius 1 is 0.800 bits per heavy atom. The van der Waals surface area contributed by atoms with Gasteiger partial charge >= 0.3 is 0 Å². The normalized spacial score (nSPS) is 13.9. The SMILES string of the molecule is COc1ccccc1OCC(=O)N1CCN(C(=O)c2cccc3ccccc23)CC1. The van der Waals surface area contributed by atoms with E-state index in [1.54, 1.807) is 24.1 Å². The van der Waals surface area contributed by atoms with Crippen molar-refractivity contribution < 1.29 is 19.1 Å². The number of carbonyl (C=O) groups is 2.